The number of carbonyl (C=O) groups excluding carboxylic acids is 1. The van der Waals surface area contributed by atoms with Crippen LogP contribution < -0.4 is 5.32 Å². The molecule has 8 nitrogen and oxygen atoms in total. The van der Waals surface area contributed by atoms with Crippen LogP contribution in [0.15, 0.2) is 0 Å². The number of amides is 1. The number of piperidine rings is 1. The van der Waals surface area contributed by atoms with Crippen LogP contribution in [-0.4, -0.2) is 51.2 Å². The second-order valence-corrected chi connectivity index (χ2v) is 5.71. The first kappa shape index (κ1) is 16.4. The maximum absolute atomic E-state index is 12.1. The molecule has 0 saturated carbocycles. The van der Waals surface area contributed by atoms with Crippen LogP contribution in [0.3, 0.4) is 0 Å². The third-order valence-corrected chi connectivity index (χ3v) is 4.22. The summed E-state index contributed by atoms with van der Waals surface area (Å²) in [6.45, 7) is 8.38. The van der Waals surface area contributed by atoms with Crippen molar-refractivity contribution in [1.82, 2.24) is 20.0 Å². The summed E-state index contributed by atoms with van der Waals surface area (Å²) in [5.74, 6) is -0.143. The molecule has 0 bridgehead atoms. The third kappa shape index (κ3) is 3.62. The summed E-state index contributed by atoms with van der Waals surface area (Å²) in [7, 11) is 0. The van der Waals surface area contributed by atoms with E-state index in [4.69, 9.17) is 0 Å². The van der Waals surface area contributed by atoms with Crippen molar-refractivity contribution in [3.05, 3.63) is 21.5 Å². The first-order valence-electron chi connectivity index (χ1n) is 7.62. The number of nitro groups is 1. The quantitative estimate of drug-likeness (QED) is 0.647. The van der Waals surface area contributed by atoms with Crippen LogP contribution in [0, 0.1) is 24.0 Å². The molecule has 1 saturated heterocycles. The average molecular weight is 309 g/mol. The first-order valence-corrected chi connectivity index (χ1v) is 7.62. The highest BCUT2D eigenvalue weighted by Gasteiger charge is 2.24. The minimum atomic E-state index is -0.452. The minimum Gasteiger partial charge on any atom is -0.352 e. The SMILES string of the molecule is CCN1CCC(NC(=O)Cn2nc(C)c([N+](=O)[O-])c2C)CC1. The van der Waals surface area contributed by atoms with Gasteiger partial charge in [-0.1, -0.05) is 6.92 Å². The molecule has 1 aromatic heterocycles. The van der Waals surface area contributed by atoms with Gasteiger partial charge >= 0.3 is 5.69 Å². The van der Waals surface area contributed by atoms with E-state index in [9.17, 15) is 14.9 Å². The Morgan fingerprint density at radius 3 is 2.55 bits per heavy atom. The molecule has 1 N–H and O–H groups in total. The summed E-state index contributed by atoms with van der Waals surface area (Å²) in [6.07, 6.45) is 1.88. The average Bonchev–Trinajstić information content (AvgIpc) is 2.74. The lowest BCUT2D eigenvalue weighted by Crippen LogP contribution is -2.45. The van der Waals surface area contributed by atoms with Gasteiger partial charge in [-0.05, 0) is 33.2 Å². The molecular formula is C14H23N5O3. The van der Waals surface area contributed by atoms with Gasteiger partial charge in [-0.25, -0.2) is 0 Å². The van der Waals surface area contributed by atoms with Gasteiger partial charge in [0.05, 0.1) is 4.92 Å². The van der Waals surface area contributed by atoms with Crippen molar-refractivity contribution >= 4 is 11.6 Å². The zero-order chi connectivity index (χ0) is 16.3. The van der Waals surface area contributed by atoms with Gasteiger partial charge in [0.25, 0.3) is 0 Å². The number of nitrogens with zero attached hydrogens (tertiary/aromatic N) is 4. The van der Waals surface area contributed by atoms with Crippen molar-refractivity contribution in [2.75, 3.05) is 19.6 Å². The van der Waals surface area contributed by atoms with Gasteiger partial charge in [-0.3, -0.25) is 19.6 Å². The fraction of sp³-hybridized carbons (Fsp3) is 0.714. The molecule has 1 fully saturated rings. The lowest BCUT2D eigenvalue weighted by atomic mass is 10.1. The van der Waals surface area contributed by atoms with Gasteiger partial charge < -0.3 is 10.2 Å². The highest BCUT2D eigenvalue weighted by Crippen LogP contribution is 2.21. The Kier molecular flexibility index (Phi) is 5.12. The smallest absolute Gasteiger partial charge is 0.312 e. The summed E-state index contributed by atoms with van der Waals surface area (Å²) >= 11 is 0. The molecule has 0 aliphatic carbocycles. The van der Waals surface area contributed by atoms with E-state index in [2.05, 4.69) is 22.2 Å². The van der Waals surface area contributed by atoms with Crippen LogP contribution >= 0.6 is 0 Å². The molecule has 0 radical (unpaired) electrons. The van der Waals surface area contributed by atoms with Gasteiger partial charge in [0.15, 0.2) is 0 Å². The predicted octanol–water partition coefficient (Wildman–Crippen LogP) is 1.01. The molecule has 1 aliphatic heterocycles. The van der Waals surface area contributed by atoms with Gasteiger partial charge in [-0.15, -0.1) is 0 Å². The van der Waals surface area contributed by atoms with E-state index in [1.54, 1.807) is 13.8 Å². The van der Waals surface area contributed by atoms with Crippen LogP contribution in [0.25, 0.3) is 0 Å². The number of carbonyl (C=O) groups is 1. The topological polar surface area (TPSA) is 93.3 Å². The number of rotatable bonds is 5. The largest absolute Gasteiger partial charge is 0.352 e. The number of likely N-dealkylation sites (tertiary alicyclic amines) is 1. The Bertz CT molecular complexity index is 561. The lowest BCUT2D eigenvalue weighted by Gasteiger charge is -2.31. The van der Waals surface area contributed by atoms with E-state index in [1.165, 1.54) is 4.68 Å². The lowest BCUT2D eigenvalue weighted by molar-refractivity contribution is -0.386. The van der Waals surface area contributed by atoms with Crippen molar-refractivity contribution in [3.63, 3.8) is 0 Å². The van der Waals surface area contributed by atoms with E-state index < -0.39 is 4.92 Å². The fourth-order valence-corrected chi connectivity index (χ4v) is 2.91. The highest BCUT2D eigenvalue weighted by atomic mass is 16.6. The summed E-state index contributed by atoms with van der Waals surface area (Å²) in [5, 5.41) is 18.1. The zero-order valence-corrected chi connectivity index (χ0v) is 13.3. The summed E-state index contributed by atoms with van der Waals surface area (Å²) in [6, 6.07) is 0.183. The normalized spacial score (nSPS) is 16.7. The highest BCUT2D eigenvalue weighted by molar-refractivity contribution is 5.76. The summed E-state index contributed by atoms with van der Waals surface area (Å²) in [5.41, 5.74) is 0.745. The molecule has 1 aromatic rings. The molecule has 1 aliphatic rings. The van der Waals surface area contributed by atoms with Crippen molar-refractivity contribution in [1.29, 1.82) is 0 Å². The summed E-state index contributed by atoms with van der Waals surface area (Å²) < 4.78 is 1.41. The Morgan fingerprint density at radius 2 is 2.05 bits per heavy atom. The van der Waals surface area contributed by atoms with Crippen molar-refractivity contribution in [3.8, 4) is 0 Å². The van der Waals surface area contributed by atoms with Crippen molar-refractivity contribution in [2.24, 2.45) is 0 Å². The third-order valence-electron chi connectivity index (χ3n) is 4.22. The molecule has 1 amide bonds. The van der Waals surface area contributed by atoms with Crippen molar-refractivity contribution < 1.29 is 9.72 Å². The van der Waals surface area contributed by atoms with E-state index in [1.807, 2.05) is 0 Å². The Hall–Kier alpha value is -1.96. The molecule has 22 heavy (non-hydrogen) atoms. The number of hydrogen-bond donors (Lipinski definition) is 1. The second kappa shape index (κ2) is 6.87. The summed E-state index contributed by atoms with van der Waals surface area (Å²) in [4.78, 5) is 25.0. The fourth-order valence-electron chi connectivity index (χ4n) is 2.91. The van der Waals surface area contributed by atoms with Crippen LogP contribution in [0.4, 0.5) is 5.69 Å². The zero-order valence-electron chi connectivity index (χ0n) is 13.3. The first-order chi connectivity index (χ1) is 10.4. The van der Waals surface area contributed by atoms with Gasteiger partial charge in [0.2, 0.25) is 5.91 Å². The van der Waals surface area contributed by atoms with Crippen LogP contribution in [0.2, 0.25) is 0 Å². The van der Waals surface area contributed by atoms with Gasteiger partial charge in [-0.2, -0.15) is 5.10 Å². The Labute approximate surface area is 129 Å². The molecule has 0 unspecified atom stereocenters. The van der Waals surface area contributed by atoms with Crippen LogP contribution in [-0.2, 0) is 11.3 Å². The monoisotopic (exact) mass is 309 g/mol. The van der Waals surface area contributed by atoms with Crippen LogP contribution in [0.5, 0.6) is 0 Å². The van der Waals surface area contributed by atoms with E-state index in [-0.39, 0.29) is 24.2 Å². The number of aryl methyl sites for hydroxylation is 1. The van der Waals surface area contributed by atoms with Crippen LogP contribution in [0.1, 0.15) is 31.2 Å². The maximum atomic E-state index is 12.1. The minimum absolute atomic E-state index is 0.0101. The molecule has 8 heteroatoms. The number of nitrogens with one attached hydrogen (secondary N) is 1. The number of hydrogen-bond acceptors (Lipinski definition) is 5. The molecule has 0 aromatic carbocycles. The van der Waals surface area contributed by atoms with E-state index >= 15 is 0 Å². The predicted molar refractivity (Wildman–Crippen MR) is 81.6 cm³/mol. The molecule has 122 valence electrons. The maximum Gasteiger partial charge on any atom is 0.312 e. The second-order valence-electron chi connectivity index (χ2n) is 5.71. The van der Waals surface area contributed by atoms with Gasteiger partial charge in [0.1, 0.15) is 17.9 Å². The number of aromatic nitrogens is 2. The standard InChI is InChI=1S/C14H23N5O3/c1-4-17-7-5-12(6-8-17)15-13(20)9-18-11(3)14(19(21)22)10(2)16-18/h12H,4-9H2,1-3H3,(H,15,20). The van der Waals surface area contributed by atoms with E-state index in [0.717, 1.165) is 32.5 Å². The van der Waals surface area contributed by atoms with E-state index in [0.29, 0.717) is 11.4 Å². The molecular weight excluding hydrogens is 286 g/mol. The Morgan fingerprint density at radius 1 is 1.41 bits per heavy atom. The van der Waals surface area contributed by atoms with Crippen molar-refractivity contribution in [2.45, 2.75) is 46.2 Å². The van der Waals surface area contributed by atoms with Gasteiger partial charge in [0, 0.05) is 19.1 Å². The molecule has 0 atom stereocenters. The molecule has 2 rings (SSSR count). The molecule has 0 spiro atoms. The Balaban J connectivity index is 1.93. The molecule has 2 heterocycles.